The highest BCUT2D eigenvalue weighted by molar-refractivity contribution is 6.14. The Morgan fingerprint density at radius 3 is 0.764 bits per heavy atom. The highest BCUT2D eigenvalue weighted by atomic mass is 19.4. The van der Waals surface area contributed by atoms with E-state index in [-0.39, 0.29) is 124 Å². The van der Waals surface area contributed by atoms with E-state index < -0.39 is 138 Å². The van der Waals surface area contributed by atoms with Gasteiger partial charge in [0.1, 0.15) is 0 Å². The molecule has 554 valence electrons. The van der Waals surface area contributed by atoms with Crippen molar-refractivity contribution in [2.24, 2.45) is 0 Å². The van der Waals surface area contributed by atoms with E-state index in [0.29, 0.717) is 48.5 Å². The van der Waals surface area contributed by atoms with Crippen molar-refractivity contribution in [1.82, 2.24) is 19.1 Å². The number of halogens is 24. The predicted octanol–water partition coefficient (Wildman–Crippen LogP) is 26.2. The highest BCUT2D eigenvalue weighted by Gasteiger charge is 2.43. The van der Waals surface area contributed by atoms with Gasteiger partial charge in [-0.15, -0.1) is 0 Å². The Labute approximate surface area is 601 Å². The normalized spacial score (nSPS) is 12.9. The lowest BCUT2D eigenvalue weighted by molar-refractivity contribution is -0.144. The molecular weight excluding hydrogens is 1500 g/mol. The summed E-state index contributed by atoms with van der Waals surface area (Å²) in [4.78, 5) is 9.92. The molecule has 14 aromatic rings. The summed E-state index contributed by atoms with van der Waals surface area (Å²) in [6.07, 6.45) is -42.9. The van der Waals surface area contributed by atoms with Gasteiger partial charge in [0.05, 0.1) is 113 Å². The highest BCUT2D eigenvalue weighted by Crippen LogP contribution is 2.51. The van der Waals surface area contributed by atoms with Crippen molar-refractivity contribution in [2.75, 3.05) is 0 Å². The van der Waals surface area contributed by atoms with Gasteiger partial charge in [0, 0.05) is 38.2 Å². The third-order valence-corrected chi connectivity index (χ3v) is 18.4. The molecule has 0 aliphatic heterocycles. The van der Waals surface area contributed by atoms with Crippen LogP contribution in [0.5, 0.6) is 0 Å². The number of aromatic nitrogens is 4. The average Bonchev–Trinajstić information content (AvgIpc) is 1.56. The first-order valence-electron chi connectivity index (χ1n) is 31.8. The van der Waals surface area contributed by atoms with Gasteiger partial charge in [-0.05, 0) is 184 Å². The van der Waals surface area contributed by atoms with Crippen LogP contribution in [0.25, 0.3) is 133 Å². The SMILES string of the molecule is N#Cc1ccc(-n2c3ccc(-c4ccc(C(F)(F)F)cc4C(F)(F)F)cc3c3cc(-c4ccc(C(F)(F)F)cc4C(F)(F)F)ccc32)c(-c2cc(-c3cc(C#N)ccc3-n3c4ccc(-c5ccc(C(F)(F)F)cc5C(F)(F)F)cc4c4cc(-c5ccc(C(F)(F)F)cc5C(F)(F)F)ccc43)nc(-c3ccccc3)n2)c1. The minimum Gasteiger partial charge on any atom is -0.309 e. The molecule has 110 heavy (non-hydrogen) atoms. The van der Waals surface area contributed by atoms with Crippen LogP contribution in [0.3, 0.4) is 0 Å². The minimum absolute atomic E-state index is 0.00681. The van der Waals surface area contributed by atoms with E-state index in [1.54, 1.807) is 30.3 Å². The first-order chi connectivity index (χ1) is 51.5. The van der Waals surface area contributed by atoms with Gasteiger partial charge in [-0.25, -0.2) is 9.97 Å². The molecule has 11 aromatic carbocycles. The second kappa shape index (κ2) is 26.1. The van der Waals surface area contributed by atoms with Crippen LogP contribution in [0.4, 0.5) is 105 Å². The van der Waals surface area contributed by atoms with Crippen LogP contribution < -0.4 is 0 Å². The molecule has 0 atom stereocenters. The molecule has 3 aromatic heterocycles. The monoisotopic (exact) mass is 1540 g/mol. The molecule has 0 fully saturated rings. The molecule has 0 saturated heterocycles. The molecule has 30 heteroatoms. The smallest absolute Gasteiger partial charge is 0.309 e. The topological polar surface area (TPSA) is 83.2 Å². The fourth-order valence-electron chi connectivity index (χ4n) is 13.5. The summed E-state index contributed by atoms with van der Waals surface area (Å²) in [5.41, 5.74) is -19.0. The van der Waals surface area contributed by atoms with Crippen molar-refractivity contribution in [3.8, 4) is 102 Å². The number of hydrogen-bond donors (Lipinski definition) is 0. The Bertz CT molecular complexity index is 5570. The quantitative estimate of drug-likeness (QED) is 0.135. The number of nitriles is 2. The number of fused-ring (bicyclic) bond motifs is 6. The number of benzene rings is 11. The van der Waals surface area contributed by atoms with Crippen LogP contribution in [0.2, 0.25) is 0 Å². The van der Waals surface area contributed by atoms with Gasteiger partial charge in [-0.3, -0.25) is 0 Å². The van der Waals surface area contributed by atoms with Gasteiger partial charge in [0.15, 0.2) is 5.82 Å². The fourth-order valence-corrected chi connectivity index (χ4v) is 13.5. The minimum atomic E-state index is -5.45. The Morgan fingerprint density at radius 1 is 0.245 bits per heavy atom. The lowest BCUT2D eigenvalue weighted by Crippen LogP contribution is -2.12. The van der Waals surface area contributed by atoms with Crippen molar-refractivity contribution in [3.63, 3.8) is 0 Å². The van der Waals surface area contributed by atoms with Gasteiger partial charge < -0.3 is 9.13 Å². The van der Waals surface area contributed by atoms with Gasteiger partial charge in [-0.1, -0.05) is 78.9 Å². The molecule has 0 N–H and O–H groups in total. The van der Waals surface area contributed by atoms with Crippen LogP contribution in [-0.2, 0) is 49.4 Å². The Balaban J connectivity index is 1.04. The maximum absolute atomic E-state index is 15.0. The van der Waals surface area contributed by atoms with Crippen LogP contribution in [0.15, 0.2) is 218 Å². The molecule has 0 radical (unpaired) electrons. The van der Waals surface area contributed by atoms with Crippen LogP contribution >= 0.6 is 0 Å². The maximum atomic E-state index is 15.0. The van der Waals surface area contributed by atoms with Crippen molar-refractivity contribution in [1.29, 1.82) is 10.5 Å². The van der Waals surface area contributed by atoms with Crippen LogP contribution in [0.1, 0.15) is 55.6 Å². The summed E-state index contributed by atoms with van der Waals surface area (Å²) in [7, 11) is 0. The first-order valence-corrected chi connectivity index (χ1v) is 31.8. The number of nitrogens with zero attached hydrogens (tertiary/aromatic N) is 6. The summed E-state index contributed by atoms with van der Waals surface area (Å²) in [5.74, 6) is -0.143. The van der Waals surface area contributed by atoms with Crippen molar-refractivity contribution in [3.05, 3.63) is 274 Å². The van der Waals surface area contributed by atoms with E-state index in [4.69, 9.17) is 9.97 Å². The molecule has 3 heterocycles. The summed E-state index contributed by atoms with van der Waals surface area (Å²) in [5, 5.41) is 20.8. The van der Waals surface area contributed by atoms with E-state index >= 15 is 0 Å². The Morgan fingerprint density at radius 2 is 0.518 bits per heavy atom. The molecule has 0 unspecified atom stereocenters. The average molecular weight is 1540 g/mol. The number of alkyl halides is 24. The first kappa shape index (κ1) is 74.3. The standard InChI is InChI=1S/C80H36F24N6/c81-73(82,83)46-12-16-50(60(32-46)77(93,94)95)42-8-22-66-54(28-42)55-29-43(51-17-13-47(74(84,85)86)33-61(51)78(96,97)98)9-23-67(55)109(66)70-20-6-39(37-105)26-58(70)64-36-65(108-72(107-64)41-4-2-1-3-5-41)59-27-40(38-106)7-21-71(59)110-68-24-10-44(52-18-14-48(75(87,88)89)34-62(52)79(99,100)101)30-56(68)57-31-45(11-25-69(57)110)53-19-15-49(76(90,91)92)35-63(53)80(102,103)104/h1-36H. The lowest BCUT2D eigenvalue weighted by atomic mass is 9.94. The molecule has 0 saturated carbocycles. The summed E-state index contributed by atoms with van der Waals surface area (Å²) in [6, 6.07) is 38.1. The third-order valence-electron chi connectivity index (χ3n) is 18.4. The predicted molar refractivity (Wildman–Crippen MR) is 358 cm³/mol. The Kier molecular flexibility index (Phi) is 17.6. The molecule has 0 amide bonds. The zero-order chi connectivity index (χ0) is 79.1. The third kappa shape index (κ3) is 13.7. The van der Waals surface area contributed by atoms with E-state index in [1.807, 2.05) is 12.1 Å². The van der Waals surface area contributed by atoms with Crippen LogP contribution in [-0.4, -0.2) is 19.1 Å². The van der Waals surface area contributed by atoms with Crippen LogP contribution in [0, 0.1) is 22.7 Å². The van der Waals surface area contributed by atoms with E-state index in [1.165, 1.54) is 75.9 Å². The van der Waals surface area contributed by atoms with Crippen molar-refractivity contribution >= 4 is 43.6 Å². The molecule has 0 aliphatic rings. The molecule has 0 spiro atoms. The molecule has 6 nitrogen and oxygen atoms in total. The van der Waals surface area contributed by atoms with Gasteiger partial charge in [-0.2, -0.15) is 116 Å². The summed E-state index contributed by atoms with van der Waals surface area (Å²) >= 11 is 0. The Hall–Kier alpha value is -12.6. The fraction of sp³-hybridized carbons (Fsp3) is 0.100. The second-order valence-corrected chi connectivity index (χ2v) is 25.1. The molecule has 0 aliphatic carbocycles. The van der Waals surface area contributed by atoms with Gasteiger partial charge in [0.2, 0.25) is 0 Å². The maximum Gasteiger partial charge on any atom is 0.417 e. The van der Waals surface area contributed by atoms with E-state index in [0.717, 1.165) is 48.5 Å². The van der Waals surface area contributed by atoms with Gasteiger partial charge in [0.25, 0.3) is 0 Å². The van der Waals surface area contributed by atoms with Crippen molar-refractivity contribution in [2.45, 2.75) is 49.4 Å². The zero-order valence-electron chi connectivity index (χ0n) is 54.5. The van der Waals surface area contributed by atoms with E-state index in [2.05, 4.69) is 0 Å². The van der Waals surface area contributed by atoms with Crippen molar-refractivity contribution < 1.29 is 105 Å². The zero-order valence-corrected chi connectivity index (χ0v) is 54.5. The number of hydrogen-bond acceptors (Lipinski definition) is 4. The lowest BCUT2D eigenvalue weighted by Gasteiger charge is -2.18. The molecular formula is C80H36F24N6. The molecule has 14 rings (SSSR count). The molecule has 0 bridgehead atoms. The second-order valence-electron chi connectivity index (χ2n) is 25.1. The number of rotatable bonds is 9. The summed E-state index contributed by atoms with van der Waals surface area (Å²) < 4.78 is 351. The van der Waals surface area contributed by atoms with Gasteiger partial charge >= 0.3 is 49.4 Å². The largest absolute Gasteiger partial charge is 0.417 e. The van der Waals surface area contributed by atoms with E-state index in [9.17, 15) is 116 Å². The summed E-state index contributed by atoms with van der Waals surface area (Å²) in [6.45, 7) is 0.